The van der Waals surface area contributed by atoms with E-state index in [0.717, 1.165) is 51.8 Å². The van der Waals surface area contributed by atoms with Gasteiger partial charge in [-0.2, -0.15) is 11.3 Å². The molecule has 2 saturated heterocycles. The molecule has 1 N–H and O–H groups in total. The van der Waals surface area contributed by atoms with Crippen molar-refractivity contribution in [3.8, 4) is 0 Å². The number of morpholine rings is 1. The summed E-state index contributed by atoms with van der Waals surface area (Å²) in [6.45, 7) is 8.40. The van der Waals surface area contributed by atoms with Gasteiger partial charge in [0.15, 0.2) is 5.96 Å². The Balaban J connectivity index is 1.44. The highest BCUT2D eigenvalue weighted by Gasteiger charge is 2.41. The number of rotatable bonds is 5. The molecule has 4 rings (SSSR count). The molecule has 0 bridgehead atoms. The minimum absolute atomic E-state index is 0.257. The zero-order valence-corrected chi connectivity index (χ0v) is 16.7. The van der Waals surface area contributed by atoms with E-state index >= 15 is 0 Å². The van der Waals surface area contributed by atoms with E-state index in [-0.39, 0.29) is 6.10 Å². The van der Waals surface area contributed by atoms with Crippen molar-refractivity contribution in [2.75, 3.05) is 32.8 Å². The number of thiophene rings is 1. The number of fused-ring (bicyclic) bond motifs is 1. The van der Waals surface area contributed by atoms with Crippen LogP contribution >= 0.6 is 11.3 Å². The lowest BCUT2D eigenvalue weighted by atomic mass is 10.1. The number of hydrogen-bond donors (Lipinski definition) is 1. The standard InChI is InChI=1S/C21H28N4OS/c1-2-22-21(23-12-18-8-11-27-16-18)25-14-19-20(15-25)26-10-9-24(19)13-17-6-4-3-5-7-17/h3-8,11,16,19-20H,2,9-10,12-15H2,1H3,(H,22,23). The Morgan fingerprint density at radius 2 is 2.11 bits per heavy atom. The molecule has 0 amide bonds. The Morgan fingerprint density at radius 3 is 2.89 bits per heavy atom. The van der Waals surface area contributed by atoms with E-state index < -0.39 is 0 Å². The summed E-state index contributed by atoms with van der Waals surface area (Å²) in [7, 11) is 0. The summed E-state index contributed by atoms with van der Waals surface area (Å²) < 4.78 is 6.11. The van der Waals surface area contributed by atoms with Gasteiger partial charge < -0.3 is 15.0 Å². The van der Waals surface area contributed by atoms with Crippen LogP contribution in [0.15, 0.2) is 52.2 Å². The summed E-state index contributed by atoms with van der Waals surface area (Å²) in [5.41, 5.74) is 2.64. The molecular weight excluding hydrogens is 356 g/mol. The van der Waals surface area contributed by atoms with Gasteiger partial charge in [-0.15, -0.1) is 0 Å². The Labute approximate surface area is 165 Å². The second-order valence-corrected chi connectivity index (χ2v) is 7.92. The van der Waals surface area contributed by atoms with E-state index in [1.165, 1.54) is 11.1 Å². The summed E-state index contributed by atoms with van der Waals surface area (Å²) in [6, 6.07) is 13.3. The van der Waals surface area contributed by atoms with E-state index in [2.05, 4.69) is 69.2 Å². The van der Waals surface area contributed by atoms with Crippen molar-refractivity contribution in [2.45, 2.75) is 32.2 Å². The number of benzene rings is 1. The highest BCUT2D eigenvalue weighted by atomic mass is 32.1. The van der Waals surface area contributed by atoms with Crippen LogP contribution in [-0.4, -0.2) is 60.7 Å². The molecular formula is C21H28N4OS. The van der Waals surface area contributed by atoms with Crippen molar-refractivity contribution in [3.05, 3.63) is 58.3 Å². The second kappa shape index (κ2) is 8.87. The number of likely N-dealkylation sites (tertiary alicyclic amines) is 1. The molecule has 1 aromatic carbocycles. The summed E-state index contributed by atoms with van der Waals surface area (Å²) in [6.07, 6.45) is 0.257. The minimum Gasteiger partial charge on any atom is -0.373 e. The van der Waals surface area contributed by atoms with Gasteiger partial charge in [0, 0.05) is 32.7 Å². The first-order chi connectivity index (χ1) is 13.3. The first kappa shape index (κ1) is 18.5. The molecule has 1 aromatic heterocycles. The van der Waals surface area contributed by atoms with Crippen LogP contribution < -0.4 is 5.32 Å². The summed E-state index contributed by atoms with van der Waals surface area (Å²) in [5.74, 6) is 1.00. The van der Waals surface area contributed by atoms with E-state index in [1.807, 2.05) is 0 Å². The summed E-state index contributed by atoms with van der Waals surface area (Å²) in [5, 5.41) is 7.74. The predicted octanol–water partition coefficient (Wildman–Crippen LogP) is 2.80. The van der Waals surface area contributed by atoms with Crippen LogP contribution in [0.5, 0.6) is 0 Å². The average Bonchev–Trinajstić information content (AvgIpc) is 3.36. The van der Waals surface area contributed by atoms with Crippen LogP contribution in [0, 0.1) is 0 Å². The van der Waals surface area contributed by atoms with Crippen LogP contribution in [0.25, 0.3) is 0 Å². The highest BCUT2D eigenvalue weighted by molar-refractivity contribution is 7.07. The molecule has 2 fully saturated rings. The maximum Gasteiger partial charge on any atom is 0.194 e. The maximum absolute atomic E-state index is 6.11. The molecule has 2 aliphatic heterocycles. The number of hydrogen-bond acceptors (Lipinski definition) is 4. The van der Waals surface area contributed by atoms with Crippen LogP contribution in [0.2, 0.25) is 0 Å². The molecule has 5 nitrogen and oxygen atoms in total. The van der Waals surface area contributed by atoms with Crippen molar-refractivity contribution >= 4 is 17.3 Å². The zero-order chi connectivity index (χ0) is 18.5. The smallest absolute Gasteiger partial charge is 0.194 e. The summed E-state index contributed by atoms with van der Waals surface area (Å²) in [4.78, 5) is 9.81. The third kappa shape index (κ3) is 4.51. The average molecular weight is 385 g/mol. The van der Waals surface area contributed by atoms with Gasteiger partial charge in [-0.1, -0.05) is 30.3 Å². The predicted molar refractivity (Wildman–Crippen MR) is 111 cm³/mol. The first-order valence-corrected chi connectivity index (χ1v) is 10.7. The van der Waals surface area contributed by atoms with Gasteiger partial charge in [0.05, 0.1) is 25.3 Å². The molecule has 27 heavy (non-hydrogen) atoms. The molecule has 2 aromatic rings. The summed E-state index contributed by atoms with van der Waals surface area (Å²) >= 11 is 1.72. The fourth-order valence-corrected chi connectivity index (χ4v) is 4.58. The normalized spacial score (nSPS) is 23.4. The Hall–Kier alpha value is -1.89. The lowest BCUT2D eigenvalue weighted by Crippen LogP contribution is -2.50. The topological polar surface area (TPSA) is 40.1 Å². The van der Waals surface area contributed by atoms with Gasteiger partial charge in [-0.25, -0.2) is 4.99 Å². The van der Waals surface area contributed by atoms with Crippen LogP contribution in [0.3, 0.4) is 0 Å². The molecule has 2 aliphatic rings. The van der Waals surface area contributed by atoms with Gasteiger partial charge in [0.2, 0.25) is 0 Å². The van der Waals surface area contributed by atoms with Gasteiger partial charge >= 0.3 is 0 Å². The Morgan fingerprint density at radius 1 is 1.22 bits per heavy atom. The molecule has 3 heterocycles. The molecule has 144 valence electrons. The SMILES string of the molecule is CCNC(=NCc1ccsc1)N1CC2OCCN(Cc3ccccc3)C2C1. The number of ether oxygens (including phenoxy) is 1. The largest absolute Gasteiger partial charge is 0.373 e. The molecule has 0 radical (unpaired) electrons. The van der Waals surface area contributed by atoms with Crippen LogP contribution in [0.4, 0.5) is 0 Å². The fraction of sp³-hybridized carbons (Fsp3) is 0.476. The van der Waals surface area contributed by atoms with E-state index in [9.17, 15) is 0 Å². The lowest BCUT2D eigenvalue weighted by molar-refractivity contribution is -0.0502. The van der Waals surface area contributed by atoms with Crippen LogP contribution in [0.1, 0.15) is 18.1 Å². The van der Waals surface area contributed by atoms with Crippen LogP contribution in [-0.2, 0) is 17.8 Å². The maximum atomic E-state index is 6.11. The monoisotopic (exact) mass is 384 g/mol. The molecule has 0 spiro atoms. The molecule has 0 aliphatic carbocycles. The molecule has 2 atom stereocenters. The zero-order valence-electron chi connectivity index (χ0n) is 15.9. The van der Waals surface area contributed by atoms with Crippen molar-refractivity contribution in [3.63, 3.8) is 0 Å². The van der Waals surface area contributed by atoms with Crippen molar-refractivity contribution in [1.82, 2.24) is 15.1 Å². The Bertz CT molecular complexity index is 734. The quantitative estimate of drug-likeness (QED) is 0.636. The molecule has 6 heteroatoms. The minimum atomic E-state index is 0.257. The second-order valence-electron chi connectivity index (χ2n) is 7.14. The van der Waals surface area contributed by atoms with Crippen molar-refractivity contribution in [1.29, 1.82) is 0 Å². The third-order valence-electron chi connectivity index (χ3n) is 5.27. The van der Waals surface area contributed by atoms with Crippen molar-refractivity contribution < 1.29 is 4.74 Å². The highest BCUT2D eigenvalue weighted by Crippen LogP contribution is 2.25. The molecule has 0 saturated carbocycles. The fourth-order valence-electron chi connectivity index (χ4n) is 3.92. The van der Waals surface area contributed by atoms with E-state index in [0.29, 0.717) is 6.04 Å². The van der Waals surface area contributed by atoms with Gasteiger partial charge in [-0.05, 0) is 34.9 Å². The number of nitrogens with zero attached hydrogens (tertiary/aromatic N) is 3. The number of aliphatic imine (C=N–C) groups is 1. The third-order valence-corrected chi connectivity index (χ3v) is 6.00. The number of nitrogens with one attached hydrogen (secondary N) is 1. The van der Waals surface area contributed by atoms with Gasteiger partial charge in [0.25, 0.3) is 0 Å². The molecule has 2 unspecified atom stereocenters. The van der Waals surface area contributed by atoms with Gasteiger partial charge in [0.1, 0.15) is 0 Å². The van der Waals surface area contributed by atoms with E-state index in [4.69, 9.17) is 9.73 Å². The number of guanidine groups is 1. The van der Waals surface area contributed by atoms with Crippen molar-refractivity contribution in [2.24, 2.45) is 4.99 Å². The van der Waals surface area contributed by atoms with Gasteiger partial charge in [-0.3, -0.25) is 4.90 Å². The lowest BCUT2D eigenvalue weighted by Gasteiger charge is -2.36. The van der Waals surface area contributed by atoms with E-state index in [1.54, 1.807) is 11.3 Å². The first-order valence-electron chi connectivity index (χ1n) is 9.77. The Kier molecular flexibility index (Phi) is 6.07.